The van der Waals surface area contributed by atoms with E-state index in [0.717, 1.165) is 0 Å². The summed E-state index contributed by atoms with van der Waals surface area (Å²) in [7, 11) is 3.36. The van der Waals surface area contributed by atoms with Crippen molar-refractivity contribution >= 4 is 46.9 Å². The Kier molecular flexibility index (Phi) is 10.1. The van der Waals surface area contributed by atoms with E-state index >= 15 is 0 Å². The van der Waals surface area contributed by atoms with Gasteiger partial charge in [0.2, 0.25) is 6.41 Å². The molecule has 208 valence electrons. The van der Waals surface area contributed by atoms with Gasteiger partial charge in [0.25, 0.3) is 5.91 Å². The van der Waals surface area contributed by atoms with Crippen molar-refractivity contribution in [1.82, 2.24) is 4.98 Å². The third-order valence-corrected chi connectivity index (χ3v) is 5.92. The van der Waals surface area contributed by atoms with Crippen LogP contribution in [0, 0.1) is 11.8 Å². The monoisotopic (exact) mass is 549 g/mol. The molecule has 41 heavy (non-hydrogen) atoms. The third kappa shape index (κ3) is 7.25. The highest BCUT2D eigenvalue weighted by Gasteiger charge is 2.24. The van der Waals surface area contributed by atoms with Gasteiger partial charge in [0.05, 0.1) is 5.69 Å². The smallest absolute Gasteiger partial charge is 0.302 e. The maximum atomic E-state index is 12.7. The highest BCUT2D eigenvalue weighted by Crippen LogP contribution is 2.27. The third-order valence-electron chi connectivity index (χ3n) is 5.92. The molecule has 0 unspecified atom stereocenters. The number of nitrogens with one attached hydrogen (secondary N) is 1. The van der Waals surface area contributed by atoms with E-state index in [0.29, 0.717) is 46.2 Å². The van der Waals surface area contributed by atoms with E-state index < -0.39 is 5.91 Å². The fourth-order valence-electron chi connectivity index (χ4n) is 3.90. The Morgan fingerprint density at radius 3 is 2.29 bits per heavy atom. The van der Waals surface area contributed by atoms with Gasteiger partial charge in [-0.1, -0.05) is 24.6 Å². The number of allylic oxidation sites excluding steroid dienone is 1. The lowest BCUT2D eigenvalue weighted by molar-refractivity contribution is -0.113. The van der Waals surface area contributed by atoms with Gasteiger partial charge in [-0.05, 0) is 74.4 Å². The summed E-state index contributed by atoms with van der Waals surface area (Å²) in [6.07, 6.45) is 3.51. The van der Waals surface area contributed by atoms with Crippen molar-refractivity contribution in [3.63, 3.8) is 0 Å². The second kappa shape index (κ2) is 13.9. The number of likely N-dealkylation sites (N-methyl/N-ethyl adjacent to an activating group) is 1. The highest BCUT2D eigenvalue weighted by atomic mass is 16.2. The molecule has 0 saturated heterocycles. The number of rotatable bonds is 9. The van der Waals surface area contributed by atoms with E-state index in [2.05, 4.69) is 33.7 Å². The molecule has 3 N–H and O–H groups in total. The SMILES string of the molecule is C=CN=C(/C(=C(\C)N)N(C)c1ccc(C(=O)Nc2ccccn2)cc1)N(C=O)c1cccc(N(C)C(=O)C#CC)c1. The van der Waals surface area contributed by atoms with E-state index in [1.54, 1.807) is 106 Å². The van der Waals surface area contributed by atoms with Crippen LogP contribution >= 0.6 is 0 Å². The predicted molar refractivity (Wildman–Crippen MR) is 163 cm³/mol. The summed E-state index contributed by atoms with van der Waals surface area (Å²) in [6.45, 7) is 6.98. The molecule has 0 radical (unpaired) electrons. The molecule has 1 heterocycles. The number of hydrogen-bond donors (Lipinski definition) is 2. The molecule has 0 bridgehead atoms. The number of anilines is 4. The summed E-state index contributed by atoms with van der Waals surface area (Å²) in [6, 6.07) is 18.9. The fourth-order valence-corrected chi connectivity index (χ4v) is 3.90. The average molecular weight is 550 g/mol. The second-order valence-corrected chi connectivity index (χ2v) is 8.68. The summed E-state index contributed by atoms with van der Waals surface area (Å²) in [4.78, 5) is 50.4. The Morgan fingerprint density at radius 1 is 1.00 bits per heavy atom. The van der Waals surface area contributed by atoms with Crippen molar-refractivity contribution in [1.29, 1.82) is 0 Å². The lowest BCUT2D eigenvalue weighted by Crippen LogP contribution is -2.38. The Labute approximate surface area is 239 Å². The van der Waals surface area contributed by atoms with E-state index in [1.165, 1.54) is 16.0 Å². The molecular weight excluding hydrogens is 518 g/mol. The maximum absolute atomic E-state index is 12.7. The molecule has 3 rings (SSSR count). The Morgan fingerprint density at radius 2 is 1.71 bits per heavy atom. The van der Waals surface area contributed by atoms with Crippen molar-refractivity contribution in [2.24, 2.45) is 10.7 Å². The molecule has 0 aliphatic heterocycles. The first-order valence-corrected chi connectivity index (χ1v) is 12.5. The summed E-state index contributed by atoms with van der Waals surface area (Å²) < 4.78 is 0. The standard InChI is InChI=1S/C31H31N7O3/c1-6-11-28(40)36(4)25-12-10-13-26(20-25)38(21-39)30(33-7-2)29(22(3)32)37(5)24-17-15-23(16-18-24)31(41)35-27-14-8-9-19-34-27/h7-10,12-21H,2,32H2,1,3-5H3,(H,34,35,41)/b29-22-,33-30?. The number of carbonyl (C=O) groups excluding carboxylic acids is 3. The zero-order chi connectivity index (χ0) is 29.9. The van der Waals surface area contributed by atoms with Crippen molar-refractivity contribution in [3.05, 3.63) is 103 Å². The topological polar surface area (TPSA) is 124 Å². The van der Waals surface area contributed by atoms with Crippen molar-refractivity contribution in [2.45, 2.75) is 13.8 Å². The van der Waals surface area contributed by atoms with Crippen LogP contribution < -0.4 is 25.8 Å². The van der Waals surface area contributed by atoms with Gasteiger partial charge in [-0.25, -0.2) is 9.98 Å². The molecule has 0 atom stereocenters. The summed E-state index contributed by atoms with van der Waals surface area (Å²) in [5.41, 5.74) is 9.21. The number of benzene rings is 2. The van der Waals surface area contributed by atoms with Gasteiger partial charge in [0.1, 0.15) is 11.5 Å². The molecule has 0 spiro atoms. The van der Waals surface area contributed by atoms with E-state index in [4.69, 9.17) is 5.73 Å². The van der Waals surface area contributed by atoms with Crippen LogP contribution in [0.25, 0.3) is 0 Å². The van der Waals surface area contributed by atoms with E-state index in [-0.39, 0.29) is 11.7 Å². The highest BCUT2D eigenvalue weighted by molar-refractivity contribution is 6.20. The number of amidine groups is 1. The number of aromatic nitrogens is 1. The number of amides is 3. The van der Waals surface area contributed by atoms with Gasteiger partial charge in [0.15, 0.2) is 5.84 Å². The number of nitrogens with zero attached hydrogens (tertiary/aromatic N) is 5. The molecule has 0 aliphatic carbocycles. The van der Waals surface area contributed by atoms with Crippen LogP contribution in [-0.4, -0.2) is 43.1 Å². The van der Waals surface area contributed by atoms with E-state index in [1.807, 2.05) is 0 Å². The molecule has 0 aliphatic rings. The first-order chi connectivity index (χ1) is 19.7. The first kappa shape index (κ1) is 29.9. The van der Waals surface area contributed by atoms with Crippen molar-refractivity contribution < 1.29 is 14.4 Å². The van der Waals surface area contributed by atoms with Crippen LogP contribution in [-0.2, 0) is 9.59 Å². The molecule has 3 aromatic rings. The zero-order valence-electron chi connectivity index (χ0n) is 23.3. The van der Waals surface area contributed by atoms with Crippen LogP contribution in [0.15, 0.2) is 102 Å². The molecule has 10 nitrogen and oxygen atoms in total. The molecule has 1 aromatic heterocycles. The maximum Gasteiger partial charge on any atom is 0.302 e. The van der Waals surface area contributed by atoms with Gasteiger partial charge < -0.3 is 20.9 Å². The number of aliphatic imine (C=N–C) groups is 1. The Balaban J connectivity index is 1.94. The normalized spacial score (nSPS) is 11.3. The summed E-state index contributed by atoms with van der Waals surface area (Å²) >= 11 is 0. The van der Waals surface area contributed by atoms with Gasteiger partial charge >= 0.3 is 5.91 Å². The minimum Gasteiger partial charge on any atom is -0.400 e. The Bertz CT molecular complexity index is 1550. The fraction of sp³-hybridized carbons (Fsp3) is 0.129. The molecule has 3 amide bonds. The van der Waals surface area contributed by atoms with Gasteiger partial charge in [0, 0.05) is 49.1 Å². The minimum absolute atomic E-state index is 0.203. The number of carbonyl (C=O) groups is 3. The van der Waals surface area contributed by atoms with Gasteiger partial charge in [-0.2, -0.15) is 0 Å². The lowest BCUT2D eigenvalue weighted by Gasteiger charge is -2.30. The average Bonchev–Trinajstić information content (AvgIpc) is 2.98. The molecule has 2 aromatic carbocycles. The Hall–Kier alpha value is -5.69. The quantitative estimate of drug-likeness (QED) is 0.179. The van der Waals surface area contributed by atoms with Crippen LogP contribution in [0.4, 0.5) is 22.9 Å². The van der Waals surface area contributed by atoms with Crippen molar-refractivity contribution in [3.8, 4) is 11.8 Å². The number of hydrogen-bond acceptors (Lipinski definition) is 7. The predicted octanol–water partition coefficient (Wildman–Crippen LogP) is 4.15. The van der Waals surface area contributed by atoms with Crippen molar-refractivity contribution in [2.75, 3.05) is 34.1 Å². The van der Waals surface area contributed by atoms with Crippen LogP contribution in [0.3, 0.4) is 0 Å². The van der Waals surface area contributed by atoms with E-state index in [9.17, 15) is 14.4 Å². The molecule has 10 heteroatoms. The zero-order valence-corrected chi connectivity index (χ0v) is 23.3. The van der Waals surface area contributed by atoms with Crippen LogP contribution in [0.2, 0.25) is 0 Å². The molecular formula is C31H31N7O3. The number of pyridine rings is 1. The minimum atomic E-state index is -0.391. The molecule has 0 fully saturated rings. The van der Waals surface area contributed by atoms with Gasteiger partial charge in [-0.15, -0.1) is 0 Å². The lowest BCUT2D eigenvalue weighted by atomic mass is 10.1. The number of nitrogens with two attached hydrogens (primary N) is 1. The summed E-state index contributed by atoms with van der Waals surface area (Å²) in [5.74, 6) is 5.03. The summed E-state index contributed by atoms with van der Waals surface area (Å²) in [5, 5.41) is 2.75. The first-order valence-electron chi connectivity index (χ1n) is 12.5. The second-order valence-electron chi connectivity index (χ2n) is 8.68. The molecule has 0 saturated carbocycles. The van der Waals surface area contributed by atoms with Crippen LogP contribution in [0.1, 0.15) is 24.2 Å². The largest absolute Gasteiger partial charge is 0.400 e. The van der Waals surface area contributed by atoms with Crippen LogP contribution in [0.5, 0.6) is 0 Å². The van der Waals surface area contributed by atoms with Gasteiger partial charge in [-0.3, -0.25) is 19.3 Å².